The van der Waals surface area contributed by atoms with E-state index in [1.807, 2.05) is 38.1 Å². The largest absolute Gasteiger partial charge is 0.456 e. The monoisotopic (exact) mass is 201 g/mol. The van der Waals surface area contributed by atoms with Crippen LogP contribution >= 0.6 is 0 Å². The molecular weight excluding hydrogens is 186 g/mol. The van der Waals surface area contributed by atoms with E-state index in [9.17, 15) is 0 Å². The molecular formula is C13H15NO. The first-order valence-electron chi connectivity index (χ1n) is 4.81. The molecule has 0 radical (unpaired) electrons. The van der Waals surface area contributed by atoms with Gasteiger partial charge in [-0.2, -0.15) is 0 Å². The highest BCUT2D eigenvalue weighted by Gasteiger charge is 2.00. The summed E-state index contributed by atoms with van der Waals surface area (Å²) < 4.78 is 5.66. The fourth-order valence-electron chi connectivity index (χ4n) is 1.16. The summed E-state index contributed by atoms with van der Waals surface area (Å²) in [7, 11) is 0. The molecule has 0 saturated carbocycles. The molecule has 78 valence electrons. The average molecular weight is 201 g/mol. The molecule has 0 atom stereocenters. The van der Waals surface area contributed by atoms with Gasteiger partial charge in [-0.25, -0.2) is 0 Å². The fourth-order valence-corrected chi connectivity index (χ4v) is 1.16. The SMILES string of the molecule is C=C/C=C(C)\C(=C/C)Oc1cccnc1. The van der Waals surface area contributed by atoms with E-state index in [4.69, 9.17) is 4.74 Å². The number of pyridine rings is 1. The first-order valence-corrected chi connectivity index (χ1v) is 4.81. The van der Waals surface area contributed by atoms with Gasteiger partial charge in [-0.05, 0) is 37.6 Å². The van der Waals surface area contributed by atoms with Crippen LogP contribution in [0.15, 0.2) is 60.7 Å². The molecule has 1 rings (SSSR count). The summed E-state index contributed by atoms with van der Waals surface area (Å²) in [5.41, 5.74) is 1.04. The van der Waals surface area contributed by atoms with Gasteiger partial charge in [0.2, 0.25) is 0 Å². The number of hydrogen-bond donors (Lipinski definition) is 0. The molecule has 0 unspecified atom stereocenters. The molecule has 15 heavy (non-hydrogen) atoms. The second-order valence-corrected chi connectivity index (χ2v) is 3.03. The minimum Gasteiger partial charge on any atom is -0.456 e. The van der Waals surface area contributed by atoms with Gasteiger partial charge in [0, 0.05) is 6.20 Å². The number of aromatic nitrogens is 1. The van der Waals surface area contributed by atoms with Gasteiger partial charge in [-0.3, -0.25) is 4.98 Å². The molecule has 0 spiro atoms. The molecule has 0 fully saturated rings. The van der Waals surface area contributed by atoms with Crippen LogP contribution in [0.2, 0.25) is 0 Å². The lowest BCUT2D eigenvalue weighted by atomic mass is 10.2. The van der Waals surface area contributed by atoms with E-state index in [0.29, 0.717) is 0 Å². The topological polar surface area (TPSA) is 22.1 Å². The Hall–Kier alpha value is -1.83. The van der Waals surface area contributed by atoms with E-state index in [2.05, 4.69) is 11.6 Å². The van der Waals surface area contributed by atoms with E-state index >= 15 is 0 Å². The summed E-state index contributed by atoms with van der Waals surface area (Å²) in [4.78, 5) is 3.99. The van der Waals surface area contributed by atoms with Crippen LogP contribution in [-0.4, -0.2) is 4.98 Å². The van der Waals surface area contributed by atoms with Crippen LogP contribution in [0.3, 0.4) is 0 Å². The zero-order valence-corrected chi connectivity index (χ0v) is 9.10. The number of hydrogen-bond acceptors (Lipinski definition) is 2. The second-order valence-electron chi connectivity index (χ2n) is 3.03. The van der Waals surface area contributed by atoms with Crippen molar-refractivity contribution < 1.29 is 4.74 Å². The van der Waals surface area contributed by atoms with E-state index in [-0.39, 0.29) is 0 Å². The highest BCUT2D eigenvalue weighted by molar-refractivity contribution is 5.31. The fraction of sp³-hybridized carbons (Fsp3) is 0.154. The number of allylic oxidation sites excluding steroid dienone is 4. The summed E-state index contributed by atoms with van der Waals surface area (Å²) in [5, 5.41) is 0. The van der Waals surface area contributed by atoms with Crippen LogP contribution < -0.4 is 4.74 Å². The molecule has 0 aliphatic rings. The number of nitrogens with zero attached hydrogens (tertiary/aromatic N) is 1. The Bertz CT molecular complexity index is 377. The molecule has 0 aliphatic heterocycles. The molecule has 1 aromatic heterocycles. The van der Waals surface area contributed by atoms with Gasteiger partial charge < -0.3 is 4.74 Å². The molecule has 0 bridgehead atoms. The van der Waals surface area contributed by atoms with Crippen molar-refractivity contribution in [3.05, 3.63) is 60.7 Å². The van der Waals surface area contributed by atoms with Crippen molar-refractivity contribution in [2.75, 3.05) is 0 Å². The molecule has 1 heterocycles. The van der Waals surface area contributed by atoms with Crippen LogP contribution in [0.5, 0.6) is 5.75 Å². The third-order valence-electron chi connectivity index (χ3n) is 1.88. The Labute approximate surface area is 90.6 Å². The van der Waals surface area contributed by atoms with Gasteiger partial charge >= 0.3 is 0 Å². The molecule has 1 aromatic rings. The van der Waals surface area contributed by atoms with E-state index in [0.717, 1.165) is 17.1 Å². The maximum atomic E-state index is 5.66. The zero-order chi connectivity index (χ0) is 11.1. The lowest BCUT2D eigenvalue weighted by Crippen LogP contribution is -1.96. The molecule has 0 aliphatic carbocycles. The Morgan fingerprint density at radius 3 is 2.87 bits per heavy atom. The molecule has 0 amide bonds. The Kier molecular flexibility index (Phi) is 4.35. The summed E-state index contributed by atoms with van der Waals surface area (Å²) in [6.45, 7) is 7.57. The van der Waals surface area contributed by atoms with Crippen molar-refractivity contribution in [3.8, 4) is 5.75 Å². The Balaban J connectivity index is 2.80. The minimum atomic E-state index is 0.738. The van der Waals surface area contributed by atoms with Crippen molar-refractivity contribution in [3.63, 3.8) is 0 Å². The van der Waals surface area contributed by atoms with E-state index < -0.39 is 0 Å². The maximum Gasteiger partial charge on any atom is 0.145 e. The highest BCUT2D eigenvalue weighted by Crippen LogP contribution is 2.16. The van der Waals surface area contributed by atoms with Crippen molar-refractivity contribution in [2.24, 2.45) is 0 Å². The summed E-state index contributed by atoms with van der Waals surface area (Å²) in [6, 6.07) is 3.72. The molecule has 0 saturated heterocycles. The van der Waals surface area contributed by atoms with Crippen LogP contribution in [0.4, 0.5) is 0 Å². The molecule has 0 aromatic carbocycles. The zero-order valence-electron chi connectivity index (χ0n) is 9.10. The Morgan fingerprint density at radius 1 is 1.53 bits per heavy atom. The molecule has 2 heteroatoms. The summed E-state index contributed by atoms with van der Waals surface area (Å²) in [5.74, 6) is 1.56. The van der Waals surface area contributed by atoms with Gasteiger partial charge in [-0.1, -0.05) is 18.7 Å². The number of ether oxygens (including phenoxy) is 1. The average Bonchev–Trinajstić information content (AvgIpc) is 2.27. The van der Waals surface area contributed by atoms with Crippen LogP contribution in [0.25, 0.3) is 0 Å². The van der Waals surface area contributed by atoms with E-state index in [1.54, 1.807) is 18.5 Å². The third kappa shape index (κ3) is 3.43. The van der Waals surface area contributed by atoms with Crippen LogP contribution in [-0.2, 0) is 0 Å². The smallest absolute Gasteiger partial charge is 0.145 e. The van der Waals surface area contributed by atoms with Gasteiger partial charge in [0.1, 0.15) is 11.5 Å². The maximum absolute atomic E-state index is 5.66. The van der Waals surface area contributed by atoms with E-state index in [1.165, 1.54) is 0 Å². The summed E-state index contributed by atoms with van der Waals surface area (Å²) in [6.07, 6.45) is 8.97. The predicted molar refractivity (Wildman–Crippen MR) is 62.6 cm³/mol. The van der Waals surface area contributed by atoms with Gasteiger partial charge in [0.15, 0.2) is 0 Å². The van der Waals surface area contributed by atoms with Gasteiger partial charge in [0.05, 0.1) is 6.20 Å². The minimum absolute atomic E-state index is 0.738. The lowest BCUT2D eigenvalue weighted by Gasteiger charge is -2.09. The Morgan fingerprint density at radius 2 is 2.33 bits per heavy atom. The van der Waals surface area contributed by atoms with Crippen molar-refractivity contribution in [1.82, 2.24) is 4.98 Å². The lowest BCUT2D eigenvalue weighted by molar-refractivity contribution is 0.433. The molecule has 0 N–H and O–H groups in total. The van der Waals surface area contributed by atoms with Crippen molar-refractivity contribution in [1.29, 1.82) is 0 Å². The second kappa shape index (κ2) is 5.81. The van der Waals surface area contributed by atoms with Crippen molar-refractivity contribution >= 4 is 0 Å². The summed E-state index contributed by atoms with van der Waals surface area (Å²) >= 11 is 0. The normalized spacial score (nSPS) is 12.4. The standard InChI is InChI=1S/C13H15NO/c1-4-7-11(3)13(5-2)15-12-8-6-9-14-10-12/h4-10H,1H2,2-3H3/b11-7-,13-5+. The van der Waals surface area contributed by atoms with Gasteiger partial charge in [-0.15, -0.1) is 0 Å². The van der Waals surface area contributed by atoms with Crippen LogP contribution in [0.1, 0.15) is 13.8 Å². The quantitative estimate of drug-likeness (QED) is 0.549. The van der Waals surface area contributed by atoms with Crippen molar-refractivity contribution in [2.45, 2.75) is 13.8 Å². The predicted octanol–water partition coefficient (Wildman–Crippen LogP) is 3.50. The number of rotatable bonds is 4. The van der Waals surface area contributed by atoms with Crippen LogP contribution in [0, 0.1) is 0 Å². The first-order chi connectivity index (χ1) is 7.27. The first kappa shape index (κ1) is 11.2. The van der Waals surface area contributed by atoms with Gasteiger partial charge in [0.25, 0.3) is 0 Å². The molecule has 2 nitrogen and oxygen atoms in total. The highest BCUT2D eigenvalue weighted by atomic mass is 16.5. The third-order valence-corrected chi connectivity index (χ3v) is 1.88.